The molecule has 0 aliphatic heterocycles. The molecule has 0 atom stereocenters. The number of hydrogen-bond donors (Lipinski definition) is 0. The van der Waals surface area contributed by atoms with Crippen molar-refractivity contribution in [3.05, 3.63) is 39.2 Å². The van der Waals surface area contributed by atoms with Gasteiger partial charge in [-0.15, -0.1) is 0 Å². The van der Waals surface area contributed by atoms with Gasteiger partial charge >= 0.3 is 5.69 Å². The maximum absolute atomic E-state index is 13.0. The lowest BCUT2D eigenvalue weighted by Gasteiger charge is -2.35. The fourth-order valence-electron chi connectivity index (χ4n) is 3.53. The fraction of sp³-hybridized carbons (Fsp3) is 0.611. The number of pyridine rings is 1. The number of hydrogen-bond acceptors (Lipinski definition) is 3. The number of rotatable bonds is 4. The summed E-state index contributed by atoms with van der Waals surface area (Å²) < 4.78 is 3.04. The Kier molecular flexibility index (Phi) is 4.51. The summed E-state index contributed by atoms with van der Waals surface area (Å²) in [5.41, 5.74) is -0.426. The first-order chi connectivity index (χ1) is 10.6. The zero-order valence-electron chi connectivity index (χ0n) is 15.0. The molecule has 23 heavy (non-hydrogen) atoms. The Hall–Kier alpha value is -1.91. The van der Waals surface area contributed by atoms with Gasteiger partial charge in [-0.25, -0.2) is 9.78 Å². The van der Waals surface area contributed by atoms with Crippen LogP contribution in [0.25, 0.3) is 11.0 Å². The third-order valence-electron chi connectivity index (χ3n) is 3.91. The minimum atomic E-state index is -0.439. The lowest BCUT2D eigenvalue weighted by atomic mass is 9.81. The van der Waals surface area contributed by atoms with Crippen LogP contribution in [-0.2, 0) is 12.1 Å². The van der Waals surface area contributed by atoms with Gasteiger partial charge in [0.05, 0.1) is 5.39 Å². The van der Waals surface area contributed by atoms with Gasteiger partial charge in [0, 0.05) is 18.3 Å². The van der Waals surface area contributed by atoms with Gasteiger partial charge in [0.15, 0.2) is 0 Å². The van der Waals surface area contributed by atoms with Crippen molar-refractivity contribution in [3.8, 4) is 0 Å². The van der Waals surface area contributed by atoms with Crippen LogP contribution in [0.1, 0.15) is 54.4 Å². The highest BCUT2D eigenvalue weighted by molar-refractivity contribution is 5.73. The maximum Gasteiger partial charge on any atom is 0.333 e. The van der Waals surface area contributed by atoms with Crippen molar-refractivity contribution in [1.82, 2.24) is 14.1 Å². The van der Waals surface area contributed by atoms with Gasteiger partial charge in [-0.3, -0.25) is 13.9 Å². The molecule has 2 rings (SSSR count). The molecule has 0 N–H and O–H groups in total. The topological polar surface area (TPSA) is 56.9 Å². The van der Waals surface area contributed by atoms with Crippen LogP contribution >= 0.6 is 0 Å². The summed E-state index contributed by atoms with van der Waals surface area (Å²) in [5.74, 6) is 0. The van der Waals surface area contributed by atoms with Crippen molar-refractivity contribution in [2.24, 2.45) is 5.41 Å². The van der Waals surface area contributed by atoms with Gasteiger partial charge < -0.3 is 0 Å². The van der Waals surface area contributed by atoms with Gasteiger partial charge in [-0.05, 0) is 44.2 Å². The zero-order chi connectivity index (χ0) is 17.4. The summed E-state index contributed by atoms with van der Waals surface area (Å²) in [4.78, 5) is 30.0. The lowest BCUT2D eigenvalue weighted by Crippen LogP contribution is -2.47. The Morgan fingerprint density at radius 1 is 1.13 bits per heavy atom. The second-order valence-corrected chi connectivity index (χ2v) is 8.00. The quantitative estimate of drug-likeness (QED) is 0.870. The van der Waals surface area contributed by atoms with E-state index in [1.165, 1.54) is 4.57 Å². The van der Waals surface area contributed by atoms with Crippen molar-refractivity contribution in [1.29, 1.82) is 0 Å². The van der Waals surface area contributed by atoms with Crippen LogP contribution in [-0.4, -0.2) is 14.1 Å². The lowest BCUT2D eigenvalue weighted by molar-refractivity contribution is 0.209. The second kappa shape index (κ2) is 5.95. The van der Waals surface area contributed by atoms with Crippen LogP contribution in [0.4, 0.5) is 0 Å². The van der Waals surface area contributed by atoms with E-state index < -0.39 is 5.54 Å². The first kappa shape index (κ1) is 17.4. The van der Waals surface area contributed by atoms with Crippen LogP contribution in [0.3, 0.4) is 0 Å². The highest BCUT2D eigenvalue weighted by atomic mass is 16.2. The summed E-state index contributed by atoms with van der Waals surface area (Å²) in [7, 11) is 0. The van der Waals surface area contributed by atoms with E-state index in [0.717, 1.165) is 12.8 Å². The Balaban J connectivity index is 2.87. The largest absolute Gasteiger partial charge is 0.333 e. The molecule has 2 aromatic rings. The number of nitrogens with zero attached hydrogens (tertiary/aromatic N) is 3. The molecule has 5 nitrogen and oxygen atoms in total. The van der Waals surface area contributed by atoms with Crippen LogP contribution in [0.5, 0.6) is 0 Å². The molecule has 0 saturated carbocycles. The summed E-state index contributed by atoms with van der Waals surface area (Å²) in [6, 6.07) is 3.49. The highest BCUT2D eigenvalue weighted by Gasteiger charge is 2.31. The van der Waals surface area contributed by atoms with Crippen LogP contribution in [0.15, 0.2) is 27.9 Å². The van der Waals surface area contributed by atoms with E-state index in [-0.39, 0.29) is 16.7 Å². The minimum absolute atomic E-state index is 0.0514. The first-order valence-corrected chi connectivity index (χ1v) is 8.19. The Bertz CT molecular complexity index is 823. The molecule has 126 valence electrons. The van der Waals surface area contributed by atoms with E-state index in [0.29, 0.717) is 17.6 Å². The smallest absolute Gasteiger partial charge is 0.272 e. The Labute approximate surface area is 137 Å². The maximum atomic E-state index is 13.0. The van der Waals surface area contributed by atoms with Gasteiger partial charge in [0.1, 0.15) is 5.65 Å². The van der Waals surface area contributed by atoms with E-state index in [4.69, 9.17) is 0 Å². The molecule has 5 heteroatoms. The molecule has 0 spiro atoms. The molecule has 2 heterocycles. The second-order valence-electron chi connectivity index (χ2n) is 8.00. The van der Waals surface area contributed by atoms with Crippen LogP contribution in [0.2, 0.25) is 0 Å². The highest BCUT2D eigenvalue weighted by Crippen LogP contribution is 2.32. The van der Waals surface area contributed by atoms with Gasteiger partial charge in [0.2, 0.25) is 0 Å². The van der Waals surface area contributed by atoms with Crippen LogP contribution < -0.4 is 11.2 Å². The van der Waals surface area contributed by atoms with E-state index in [2.05, 4.69) is 25.8 Å². The third kappa shape index (κ3) is 3.38. The van der Waals surface area contributed by atoms with Crippen LogP contribution in [0, 0.1) is 5.41 Å². The molecule has 0 unspecified atom stereocenters. The van der Waals surface area contributed by atoms with Crippen molar-refractivity contribution in [2.45, 2.75) is 66.5 Å². The molecular formula is C18H27N3O2. The third-order valence-corrected chi connectivity index (χ3v) is 3.91. The standard InChI is InChI=1S/C18H27N3O2/c1-7-11-20-15(22)13-9-8-10-19-14(13)21(16(20)23)18(5,6)12-17(2,3)4/h8-10H,7,11-12H2,1-6H3. The molecular weight excluding hydrogens is 290 g/mol. The molecule has 0 saturated heterocycles. The van der Waals surface area contributed by atoms with E-state index in [9.17, 15) is 9.59 Å². The normalized spacial score (nSPS) is 12.8. The van der Waals surface area contributed by atoms with E-state index in [1.807, 2.05) is 20.8 Å². The fourth-order valence-corrected chi connectivity index (χ4v) is 3.53. The summed E-state index contributed by atoms with van der Waals surface area (Å²) in [6.07, 6.45) is 3.17. The summed E-state index contributed by atoms with van der Waals surface area (Å²) in [5, 5.41) is 0.502. The monoisotopic (exact) mass is 317 g/mol. The summed E-state index contributed by atoms with van der Waals surface area (Å²) in [6.45, 7) is 12.9. The van der Waals surface area contributed by atoms with Crippen molar-refractivity contribution < 1.29 is 0 Å². The molecule has 0 aromatic carbocycles. The van der Waals surface area contributed by atoms with Crippen molar-refractivity contribution in [3.63, 3.8) is 0 Å². The molecule has 2 aromatic heterocycles. The predicted molar refractivity (Wildman–Crippen MR) is 93.9 cm³/mol. The SMILES string of the molecule is CCCn1c(=O)c2cccnc2n(C(C)(C)CC(C)(C)C)c1=O. The van der Waals surface area contributed by atoms with Crippen molar-refractivity contribution in [2.75, 3.05) is 0 Å². The number of fused-ring (bicyclic) bond motifs is 1. The first-order valence-electron chi connectivity index (χ1n) is 8.19. The average molecular weight is 317 g/mol. The van der Waals surface area contributed by atoms with Gasteiger partial charge in [-0.1, -0.05) is 27.7 Å². The molecule has 0 bridgehead atoms. The van der Waals surface area contributed by atoms with Gasteiger partial charge in [-0.2, -0.15) is 0 Å². The summed E-state index contributed by atoms with van der Waals surface area (Å²) >= 11 is 0. The molecule has 0 amide bonds. The molecule has 0 fully saturated rings. The number of aromatic nitrogens is 3. The molecule has 0 aliphatic rings. The van der Waals surface area contributed by atoms with E-state index in [1.54, 1.807) is 22.9 Å². The molecule has 0 aliphatic carbocycles. The molecule has 0 radical (unpaired) electrons. The Morgan fingerprint density at radius 2 is 1.78 bits per heavy atom. The Morgan fingerprint density at radius 3 is 2.35 bits per heavy atom. The predicted octanol–water partition coefficient (Wildman–Crippen LogP) is 3.14. The minimum Gasteiger partial charge on any atom is -0.272 e. The van der Waals surface area contributed by atoms with E-state index >= 15 is 0 Å². The van der Waals surface area contributed by atoms with Crippen molar-refractivity contribution >= 4 is 11.0 Å². The zero-order valence-corrected chi connectivity index (χ0v) is 15.0. The van der Waals surface area contributed by atoms with Gasteiger partial charge in [0.25, 0.3) is 5.56 Å². The average Bonchev–Trinajstić information content (AvgIpc) is 2.40.